The summed E-state index contributed by atoms with van der Waals surface area (Å²) < 4.78 is 2.13. The van der Waals surface area contributed by atoms with Gasteiger partial charge < -0.3 is 15.2 Å². The third kappa shape index (κ3) is 2.27. The summed E-state index contributed by atoms with van der Waals surface area (Å²) in [7, 11) is 0. The van der Waals surface area contributed by atoms with Crippen LogP contribution in [0.25, 0.3) is 0 Å². The van der Waals surface area contributed by atoms with E-state index < -0.39 is 0 Å². The zero-order valence-electron chi connectivity index (χ0n) is 11.4. The molecule has 0 saturated heterocycles. The van der Waals surface area contributed by atoms with Gasteiger partial charge in [-0.05, 0) is 13.8 Å². The monoisotopic (exact) mass is 250 g/mol. The molecule has 0 fully saturated rings. The first kappa shape index (κ1) is 13.1. The van der Waals surface area contributed by atoms with Crippen molar-refractivity contribution in [3.63, 3.8) is 0 Å². The molecule has 0 spiro atoms. The Kier molecular flexibility index (Phi) is 4.01. The molecule has 1 aromatic rings. The van der Waals surface area contributed by atoms with Crippen LogP contribution in [0.4, 0.5) is 0 Å². The third-order valence-corrected chi connectivity index (χ3v) is 3.43. The molecule has 2 heterocycles. The predicted molar refractivity (Wildman–Crippen MR) is 70.4 cm³/mol. The maximum Gasteiger partial charge on any atom is 0.242 e. The van der Waals surface area contributed by atoms with Crippen molar-refractivity contribution in [3.05, 3.63) is 17.2 Å². The highest BCUT2D eigenvalue weighted by atomic mass is 16.2. The number of hydrogen-bond acceptors (Lipinski definition) is 3. The average molecular weight is 250 g/mol. The Hall–Kier alpha value is -1.36. The lowest BCUT2D eigenvalue weighted by Gasteiger charge is -2.21. The third-order valence-electron chi connectivity index (χ3n) is 3.43. The van der Waals surface area contributed by atoms with Gasteiger partial charge in [0.15, 0.2) is 0 Å². The van der Waals surface area contributed by atoms with Crippen LogP contribution in [0.1, 0.15) is 44.0 Å². The van der Waals surface area contributed by atoms with Gasteiger partial charge in [0, 0.05) is 38.2 Å². The van der Waals surface area contributed by atoms with Crippen molar-refractivity contribution in [2.24, 2.45) is 0 Å². The number of imidazole rings is 1. The Labute approximate surface area is 108 Å². The summed E-state index contributed by atoms with van der Waals surface area (Å²) in [4.78, 5) is 16.7. The Bertz CT molecular complexity index is 438. The fourth-order valence-corrected chi connectivity index (χ4v) is 2.53. The smallest absolute Gasteiger partial charge is 0.242 e. The van der Waals surface area contributed by atoms with Crippen molar-refractivity contribution >= 4 is 5.91 Å². The molecule has 2 rings (SSSR count). The Morgan fingerprint density at radius 1 is 1.56 bits per heavy atom. The number of amides is 1. The molecule has 0 aliphatic carbocycles. The van der Waals surface area contributed by atoms with Crippen molar-refractivity contribution < 1.29 is 4.79 Å². The normalized spacial score (nSPS) is 16.2. The van der Waals surface area contributed by atoms with Crippen LogP contribution in [0, 0.1) is 0 Å². The van der Waals surface area contributed by atoms with Crippen LogP contribution in [0.15, 0.2) is 0 Å². The maximum absolute atomic E-state index is 12.0. The number of hydrogen-bond donors (Lipinski definition) is 2. The van der Waals surface area contributed by atoms with Gasteiger partial charge in [0.25, 0.3) is 0 Å². The number of carbonyl (C=O) groups excluding carboxylic acids is 1. The second-order valence-electron chi connectivity index (χ2n) is 4.64. The molecule has 18 heavy (non-hydrogen) atoms. The number of fused-ring (bicyclic) bond motifs is 1. The largest absolute Gasteiger partial charge is 0.355 e. The number of likely N-dealkylation sites (N-methyl/N-ethyl adjacent to an activating group) is 1. The van der Waals surface area contributed by atoms with Gasteiger partial charge in [0.2, 0.25) is 5.91 Å². The van der Waals surface area contributed by atoms with Crippen molar-refractivity contribution in [1.82, 2.24) is 20.2 Å². The van der Waals surface area contributed by atoms with E-state index in [0.29, 0.717) is 6.54 Å². The van der Waals surface area contributed by atoms with Crippen molar-refractivity contribution in [1.29, 1.82) is 0 Å². The predicted octanol–water partition coefficient (Wildman–Crippen LogP) is 0.788. The van der Waals surface area contributed by atoms with E-state index in [2.05, 4.69) is 27.1 Å². The van der Waals surface area contributed by atoms with Crippen LogP contribution in [0.5, 0.6) is 0 Å². The summed E-state index contributed by atoms with van der Waals surface area (Å²) >= 11 is 0. The molecule has 0 aromatic carbocycles. The molecule has 0 bridgehead atoms. The lowest BCUT2D eigenvalue weighted by Crippen LogP contribution is -2.33. The van der Waals surface area contributed by atoms with E-state index >= 15 is 0 Å². The van der Waals surface area contributed by atoms with E-state index in [1.807, 2.05) is 13.8 Å². The van der Waals surface area contributed by atoms with Crippen LogP contribution in [-0.4, -0.2) is 28.5 Å². The van der Waals surface area contributed by atoms with Gasteiger partial charge >= 0.3 is 0 Å². The van der Waals surface area contributed by atoms with E-state index in [1.54, 1.807) is 0 Å². The molecule has 0 radical (unpaired) electrons. The second-order valence-corrected chi connectivity index (χ2v) is 4.64. The summed E-state index contributed by atoms with van der Waals surface area (Å²) in [6, 6.07) is -0.172. The van der Waals surface area contributed by atoms with E-state index in [1.165, 1.54) is 5.69 Å². The number of aromatic nitrogens is 2. The van der Waals surface area contributed by atoms with Gasteiger partial charge in [-0.25, -0.2) is 4.98 Å². The molecule has 1 unspecified atom stereocenters. The Balaban J connectivity index is 2.35. The van der Waals surface area contributed by atoms with Gasteiger partial charge in [-0.2, -0.15) is 0 Å². The second kappa shape index (κ2) is 5.52. The zero-order valence-corrected chi connectivity index (χ0v) is 11.4. The molecule has 2 N–H and O–H groups in total. The molecule has 100 valence electrons. The van der Waals surface area contributed by atoms with Crippen LogP contribution in [0.2, 0.25) is 0 Å². The SMILES string of the molecule is CCNC(=O)C(C)n1c(CC)nc2c1CCNC2. The number of nitrogens with one attached hydrogen (secondary N) is 2. The number of aryl methyl sites for hydroxylation is 1. The fraction of sp³-hybridized carbons (Fsp3) is 0.692. The van der Waals surface area contributed by atoms with Gasteiger partial charge in [0.05, 0.1) is 5.69 Å². The van der Waals surface area contributed by atoms with E-state index in [0.717, 1.165) is 37.4 Å². The maximum atomic E-state index is 12.0. The molecule has 1 atom stereocenters. The van der Waals surface area contributed by atoms with Crippen molar-refractivity contribution in [3.8, 4) is 0 Å². The van der Waals surface area contributed by atoms with Gasteiger partial charge in [-0.1, -0.05) is 6.92 Å². The van der Waals surface area contributed by atoms with Gasteiger partial charge in [0.1, 0.15) is 11.9 Å². The van der Waals surface area contributed by atoms with Crippen LogP contribution >= 0.6 is 0 Å². The minimum atomic E-state index is -0.172. The van der Waals surface area contributed by atoms with E-state index in [4.69, 9.17) is 0 Å². The lowest BCUT2D eigenvalue weighted by molar-refractivity contribution is -0.123. The standard InChI is InChI=1S/C13H22N4O/c1-4-12-16-10-8-14-7-6-11(10)17(12)9(3)13(18)15-5-2/h9,14H,4-8H2,1-3H3,(H,15,18). The molecular formula is C13H22N4O. The van der Waals surface area contributed by atoms with Crippen LogP contribution in [0.3, 0.4) is 0 Å². The lowest BCUT2D eigenvalue weighted by atomic mass is 10.1. The first-order valence-electron chi connectivity index (χ1n) is 6.76. The van der Waals surface area contributed by atoms with Gasteiger partial charge in [-0.15, -0.1) is 0 Å². The zero-order chi connectivity index (χ0) is 13.1. The summed E-state index contributed by atoms with van der Waals surface area (Å²) in [6.07, 6.45) is 1.81. The van der Waals surface area contributed by atoms with Crippen molar-refractivity contribution in [2.75, 3.05) is 13.1 Å². The fourth-order valence-electron chi connectivity index (χ4n) is 2.53. The summed E-state index contributed by atoms with van der Waals surface area (Å²) in [5, 5.41) is 6.21. The van der Waals surface area contributed by atoms with Crippen LogP contribution in [-0.2, 0) is 24.2 Å². The van der Waals surface area contributed by atoms with Crippen LogP contribution < -0.4 is 10.6 Å². The molecule has 1 aliphatic heterocycles. The first-order chi connectivity index (χ1) is 8.69. The number of nitrogens with zero attached hydrogens (tertiary/aromatic N) is 2. The highest BCUT2D eigenvalue weighted by molar-refractivity contribution is 5.80. The molecule has 0 saturated carbocycles. The molecular weight excluding hydrogens is 228 g/mol. The highest BCUT2D eigenvalue weighted by Gasteiger charge is 2.25. The Morgan fingerprint density at radius 2 is 2.33 bits per heavy atom. The summed E-state index contributed by atoms with van der Waals surface area (Å²) in [6.45, 7) is 8.43. The summed E-state index contributed by atoms with van der Waals surface area (Å²) in [5.74, 6) is 1.09. The average Bonchev–Trinajstić information content (AvgIpc) is 2.76. The Morgan fingerprint density at radius 3 is 3.00 bits per heavy atom. The molecule has 1 amide bonds. The van der Waals surface area contributed by atoms with E-state index in [-0.39, 0.29) is 11.9 Å². The number of carbonyl (C=O) groups is 1. The molecule has 1 aromatic heterocycles. The first-order valence-corrected chi connectivity index (χ1v) is 6.76. The molecule has 5 heteroatoms. The molecule has 5 nitrogen and oxygen atoms in total. The minimum absolute atomic E-state index is 0.0749. The van der Waals surface area contributed by atoms with E-state index in [9.17, 15) is 4.79 Å². The minimum Gasteiger partial charge on any atom is -0.355 e. The van der Waals surface area contributed by atoms with Gasteiger partial charge in [-0.3, -0.25) is 4.79 Å². The molecule has 1 aliphatic rings. The highest BCUT2D eigenvalue weighted by Crippen LogP contribution is 2.21. The van der Waals surface area contributed by atoms with Crippen molar-refractivity contribution in [2.45, 2.75) is 46.2 Å². The quantitative estimate of drug-likeness (QED) is 0.830. The summed E-state index contributed by atoms with van der Waals surface area (Å²) in [5.41, 5.74) is 2.33. The topological polar surface area (TPSA) is 59.0 Å². The number of rotatable bonds is 4.